The molecule has 19 heavy (non-hydrogen) atoms. The molecule has 2 aromatic rings. The Kier molecular flexibility index (Phi) is 4.65. The summed E-state index contributed by atoms with van der Waals surface area (Å²) < 4.78 is 6.36. The number of aromatic nitrogens is 1. The molecule has 0 aromatic carbocycles. The summed E-state index contributed by atoms with van der Waals surface area (Å²) >= 11 is 10.6. The molecule has 0 bridgehead atoms. The van der Waals surface area contributed by atoms with Gasteiger partial charge in [-0.2, -0.15) is 0 Å². The lowest BCUT2D eigenvalue weighted by molar-refractivity contribution is 0.0489. The fourth-order valence-electron chi connectivity index (χ4n) is 1.53. The molecule has 0 spiro atoms. The van der Waals surface area contributed by atoms with E-state index in [0.29, 0.717) is 16.7 Å². The third-order valence-electron chi connectivity index (χ3n) is 2.50. The minimum absolute atomic E-state index is 0.136. The second kappa shape index (κ2) is 6.07. The number of rotatable bonds is 4. The number of hydrogen-bond acceptors (Lipinski definition) is 5. The lowest BCUT2D eigenvalue weighted by Gasteiger charge is -2.06. The molecular formula is C12H11BrClNO3S. The van der Waals surface area contributed by atoms with Gasteiger partial charge in [0, 0.05) is 5.39 Å². The van der Waals surface area contributed by atoms with Crippen molar-refractivity contribution in [2.24, 2.45) is 0 Å². The van der Waals surface area contributed by atoms with Gasteiger partial charge < -0.3 is 9.84 Å². The summed E-state index contributed by atoms with van der Waals surface area (Å²) in [5.74, 6) is -0.837. The Labute approximate surface area is 127 Å². The average Bonchev–Trinajstić information content (AvgIpc) is 2.76. The first-order valence-corrected chi connectivity index (χ1v) is 7.68. The number of aromatic hydroxyl groups is 1. The molecule has 2 rings (SSSR count). The third kappa shape index (κ3) is 3.01. The summed E-state index contributed by atoms with van der Waals surface area (Å²) in [4.78, 5) is 15.8. The van der Waals surface area contributed by atoms with Crippen molar-refractivity contribution >= 4 is 54.9 Å². The van der Waals surface area contributed by atoms with E-state index >= 15 is 0 Å². The largest absolute Gasteiger partial charge is 0.504 e. The number of pyridine rings is 1. The van der Waals surface area contributed by atoms with E-state index in [4.69, 9.17) is 16.3 Å². The molecule has 0 aliphatic carbocycles. The summed E-state index contributed by atoms with van der Waals surface area (Å²) in [7, 11) is 0. The summed E-state index contributed by atoms with van der Waals surface area (Å²) in [6.45, 7) is 2.30. The van der Waals surface area contributed by atoms with Crippen molar-refractivity contribution in [1.29, 1.82) is 0 Å². The molecule has 0 radical (unpaired) electrons. The number of carbonyl (C=O) groups excluding carboxylic acids is 1. The van der Waals surface area contributed by atoms with Crippen LogP contribution in [0.25, 0.3) is 10.1 Å². The lowest BCUT2D eigenvalue weighted by Crippen LogP contribution is -2.09. The van der Waals surface area contributed by atoms with Crippen LogP contribution in [0.4, 0.5) is 0 Å². The standard InChI is InChI=1S/C12H11BrClNO3S/c1-2-3-4-18-12(17)8-9(16)10-6(11(14)15-8)5-7(13)19-10/h5,16H,2-4H2,1H3. The Hall–Kier alpha value is -0.850. The molecule has 0 aliphatic rings. The first-order chi connectivity index (χ1) is 9.04. The minimum atomic E-state index is -0.653. The maximum atomic E-state index is 11.8. The number of hydrogen-bond donors (Lipinski definition) is 1. The van der Waals surface area contributed by atoms with Gasteiger partial charge in [-0.3, -0.25) is 0 Å². The van der Waals surface area contributed by atoms with Gasteiger partial charge in [0.15, 0.2) is 11.4 Å². The van der Waals surface area contributed by atoms with E-state index in [-0.39, 0.29) is 16.6 Å². The van der Waals surface area contributed by atoms with Crippen LogP contribution in [0.5, 0.6) is 5.75 Å². The van der Waals surface area contributed by atoms with Crippen molar-refractivity contribution in [1.82, 2.24) is 4.98 Å². The van der Waals surface area contributed by atoms with Gasteiger partial charge in [-0.05, 0) is 28.4 Å². The van der Waals surface area contributed by atoms with Crippen molar-refractivity contribution in [3.8, 4) is 5.75 Å². The van der Waals surface area contributed by atoms with Crippen LogP contribution in [0.1, 0.15) is 30.3 Å². The Morgan fingerprint density at radius 3 is 3.05 bits per heavy atom. The number of ether oxygens (including phenoxy) is 1. The second-order valence-corrected chi connectivity index (χ2v) is 6.67. The number of unbranched alkanes of at least 4 members (excludes halogenated alkanes) is 1. The van der Waals surface area contributed by atoms with Crippen molar-refractivity contribution < 1.29 is 14.6 Å². The van der Waals surface area contributed by atoms with Crippen LogP contribution in [0.2, 0.25) is 5.15 Å². The van der Waals surface area contributed by atoms with E-state index in [1.165, 1.54) is 11.3 Å². The van der Waals surface area contributed by atoms with Crippen LogP contribution in [-0.4, -0.2) is 22.7 Å². The van der Waals surface area contributed by atoms with Crippen LogP contribution in [0.15, 0.2) is 9.85 Å². The molecule has 0 saturated heterocycles. The van der Waals surface area contributed by atoms with Gasteiger partial charge in [-0.1, -0.05) is 24.9 Å². The van der Waals surface area contributed by atoms with Gasteiger partial charge in [0.05, 0.1) is 15.1 Å². The summed E-state index contributed by atoms with van der Waals surface area (Å²) in [5.41, 5.74) is -0.136. The zero-order valence-electron chi connectivity index (χ0n) is 10.1. The number of halogens is 2. The van der Waals surface area contributed by atoms with Crippen LogP contribution >= 0.6 is 38.9 Å². The van der Waals surface area contributed by atoms with E-state index in [1.54, 1.807) is 6.07 Å². The first-order valence-electron chi connectivity index (χ1n) is 5.69. The first kappa shape index (κ1) is 14.6. The molecule has 0 amide bonds. The number of thiophene rings is 1. The topological polar surface area (TPSA) is 59.4 Å². The van der Waals surface area contributed by atoms with Crippen molar-refractivity contribution in [2.75, 3.05) is 6.61 Å². The predicted octanol–water partition coefficient (Wildman–Crippen LogP) is 4.37. The predicted molar refractivity (Wildman–Crippen MR) is 79.2 cm³/mol. The highest BCUT2D eigenvalue weighted by atomic mass is 79.9. The van der Waals surface area contributed by atoms with E-state index in [9.17, 15) is 9.90 Å². The number of fused-ring (bicyclic) bond motifs is 1. The molecule has 1 N–H and O–H groups in total. The zero-order valence-corrected chi connectivity index (χ0v) is 13.2. The summed E-state index contributed by atoms with van der Waals surface area (Å²) in [6.07, 6.45) is 1.69. The van der Waals surface area contributed by atoms with Gasteiger partial charge in [0.25, 0.3) is 0 Å². The summed E-state index contributed by atoms with van der Waals surface area (Å²) in [5, 5.41) is 10.9. The maximum absolute atomic E-state index is 11.8. The van der Waals surface area contributed by atoms with Crippen LogP contribution in [0.3, 0.4) is 0 Å². The molecule has 0 saturated carbocycles. The monoisotopic (exact) mass is 363 g/mol. The van der Waals surface area contributed by atoms with E-state index in [0.717, 1.165) is 16.6 Å². The van der Waals surface area contributed by atoms with Gasteiger partial charge in [0.1, 0.15) is 5.15 Å². The molecule has 2 aromatic heterocycles. The van der Waals surface area contributed by atoms with Crippen LogP contribution in [-0.2, 0) is 4.74 Å². The van der Waals surface area contributed by atoms with Crippen molar-refractivity contribution in [2.45, 2.75) is 19.8 Å². The highest BCUT2D eigenvalue weighted by Gasteiger charge is 2.21. The molecule has 0 aliphatic heterocycles. The van der Waals surface area contributed by atoms with Gasteiger partial charge in [-0.25, -0.2) is 9.78 Å². The normalized spacial score (nSPS) is 10.9. The number of esters is 1. The lowest BCUT2D eigenvalue weighted by atomic mass is 10.2. The van der Waals surface area contributed by atoms with E-state index in [1.807, 2.05) is 6.92 Å². The fourth-order valence-corrected chi connectivity index (χ4v) is 3.36. The van der Waals surface area contributed by atoms with Gasteiger partial charge >= 0.3 is 5.97 Å². The smallest absolute Gasteiger partial charge is 0.360 e. The molecule has 102 valence electrons. The molecular weight excluding hydrogens is 354 g/mol. The number of carbonyl (C=O) groups is 1. The Morgan fingerprint density at radius 2 is 2.37 bits per heavy atom. The Balaban J connectivity index is 2.38. The fraction of sp³-hybridized carbons (Fsp3) is 0.333. The average molecular weight is 365 g/mol. The molecule has 2 heterocycles. The Morgan fingerprint density at radius 1 is 1.63 bits per heavy atom. The molecule has 0 fully saturated rings. The second-order valence-electron chi connectivity index (χ2n) is 3.88. The van der Waals surface area contributed by atoms with Crippen molar-refractivity contribution in [3.63, 3.8) is 0 Å². The minimum Gasteiger partial charge on any atom is -0.504 e. The quantitative estimate of drug-likeness (QED) is 0.497. The van der Waals surface area contributed by atoms with E-state index in [2.05, 4.69) is 20.9 Å². The van der Waals surface area contributed by atoms with E-state index < -0.39 is 5.97 Å². The highest BCUT2D eigenvalue weighted by molar-refractivity contribution is 9.11. The molecule has 7 heteroatoms. The van der Waals surface area contributed by atoms with Crippen LogP contribution in [0, 0.1) is 0 Å². The molecule has 0 unspecified atom stereocenters. The van der Waals surface area contributed by atoms with Gasteiger partial charge in [-0.15, -0.1) is 11.3 Å². The molecule has 4 nitrogen and oxygen atoms in total. The highest BCUT2D eigenvalue weighted by Crippen LogP contribution is 2.40. The van der Waals surface area contributed by atoms with Crippen molar-refractivity contribution in [3.05, 3.63) is 20.7 Å². The maximum Gasteiger partial charge on any atom is 0.360 e. The summed E-state index contributed by atoms with van der Waals surface area (Å²) in [6, 6.07) is 1.75. The van der Waals surface area contributed by atoms with Gasteiger partial charge in [0.2, 0.25) is 0 Å². The molecule has 0 atom stereocenters. The SMILES string of the molecule is CCCCOC(=O)c1nc(Cl)c2cc(Br)sc2c1O. The zero-order chi connectivity index (χ0) is 14.0. The number of nitrogens with zero attached hydrogens (tertiary/aromatic N) is 1. The third-order valence-corrected chi connectivity index (χ3v) is 4.43. The Bertz CT molecular complexity index is 629. The van der Waals surface area contributed by atoms with Crippen LogP contribution < -0.4 is 0 Å².